The Kier molecular flexibility index (Phi) is 6.74. The Morgan fingerprint density at radius 3 is 2.20 bits per heavy atom. The lowest BCUT2D eigenvalue weighted by Gasteiger charge is -2.32. The molecule has 1 aliphatic rings. The van der Waals surface area contributed by atoms with Gasteiger partial charge in [-0.3, -0.25) is 0 Å². The lowest BCUT2D eigenvalue weighted by atomic mass is 9.76. The number of benzene rings is 1. The van der Waals surface area contributed by atoms with E-state index in [2.05, 4.69) is 5.32 Å². The van der Waals surface area contributed by atoms with Gasteiger partial charge in [-0.25, -0.2) is 9.59 Å². The summed E-state index contributed by atoms with van der Waals surface area (Å²) in [4.78, 5) is 23.4. The molecule has 1 aromatic carbocycles. The van der Waals surface area contributed by atoms with Gasteiger partial charge < -0.3 is 24.5 Å². The van der Waals surface area contributed by atoms with Gasteiger partial charge in [-0.2, -0.15) is 0 Å². The fraction of sp³-hybridized carbons (Fsp3) is 0.545. The number of nitrogens with one attached hydrogen (secondary N) is 1. The van der Waals surface area contributed by atoms with Crippen LogP contribution in [0.1, 0.15) is 70.0 Å². The van der Waals surface area contributed by atoms with Gasteiger partial charge in [0.05, 0.1) is 16.8 Å². The van der Waals surface area contributed by atoms with Crippen molar-refractivity contribution in [2.24, 2.45) is 0 Å². The van der Waals surface area contributed by atoms with Crippen molar-refractivity contribution in [3.05, 3.63) is 40.4 Å². The molecule has 1 aromatic rings. The second-order valence-corrected chi connectivity index (χ2v) is 9.54. The van der Waals surface area contributed by atoms with Gasteiger partial charge in [0, 0.05) is 6.54 Å². The lowest BCUT2D eigenvalue weighted by Crippen LogP contribution is -2.41. The van der Waals surface area contributed by atoms with Gasteiger partial charge in [0.15, 0.2) is 0 Å². The van der Waals surface area contributed by atoms with E-state index in [1.54, 1.807) is 39.0 Å². The molecule has 1 saturated heterocycles. The molecular formula is C22H32BNO6. The molecule has 164 valence electrons. The van der Waals surface area contributed by atoms with E-state index >= 15 is 0 Å². The summed E-state index contributed by atoms with van der Waals surface area (Å²) >= 11 is 0. The number of hydrogen-bond donors (Lipinski definition) is 2. The summed E-state index contributed by atoms with van der Waals surface area (Å²) in [5, 5.41) is 11.9. The van der Waals surface area contributed by atoms with Crippen LogP contribution in [0, 0.1) is 6.92 Å². The SMILES string of the molecule is Cc1cc(C(=O)O)ccc1C=C(CNC(=O)OC(C)(C)C)B1OC(C)(C)C(C)(C)O1. The topological polar surface area (TPSA) is 94.1 Å². The highest BCUT2D eigenvalue weighted by Gasteiger charge is 2.52. The monoisotopic (exact) mass is 417 g/mol. The van der Waals surface area contributed by atoms with Crippen molar-refractivity contribution in [1.82, 2.24) is 5.32 Å². The van der Waals surface area contributed by atoms with Crippen LogP contribution in [0.25, 0.3) is 6.08 Å². The van der Waals surface area contributed by atoms with Crippen molar-refractivity contribution in [1.29, 1.82) is 0 Å². The van der Waals surface area contributed by atoms with E-state index in [1.165, 1.54) is 0 Å². The zero-order valence-corrected chi connectivity index (χ0v) is 19.1. The molecule has 0 aromatic heterocycles. The summed E-state index contributed by atoms with van der Waals surface area (Å²) < 4.78 is 17.6. The van der Waals surface area contributed by atoms with Crippen LogP contribution in [-0.2, 0) is 14.0 Å². The zero-order chi connectivity index (χ0) is 22.9. The third-order valence-corrected chi connectivity index (χ3v) is 5.25. The molecule has 1 heterocycles. The molecule has 0 aliphatic carbocycles. The van der Waals surface area contributed by atoms with E-state index in [0.29, 0.717) is 5.47 Å². The zero-order valence-electron chi connectivity index (χ0n) is 19.1. The number of carboxylic acids is 1. The minimum Gasteiger partial charge on any atom is -0.478 e. The van der Waals surface area contributed by atoms with Crippen molar-refractivity contribution in [3.63, 3.8) is 0 Å². The molecule has 0 bridgehead atoms. The molecule has 2 N–H and O–H groups in total. The lowest BCUT2D eigenvalue weighted by molar-refractivity contribution is 0.00578. The first-order valence-corrected chi connectivity index (χ1v) is 9.98. The third-order valence-electron chi connectivity index (χ3n) is 5.25. The summed E-state index contributed by atoms with van der Waals surface area (Å²) in [6.45, 7) is 15.2. The minimum atomic E-state index is -0.980. The second-order valence-electron chi connectivity index (χ2n) is 9.54. The molecular weight excluding hydrogens is 385 g/mol. The highest BCUT2D eigenvalue weighted by molar-refractivity contribution is 6.56. The molecule has 1 fully saturated rings. The normalized spacial score (nSPS) is 18.3. The number of alkyl carbamates (subject to hydrolysis) is 1. The van der Waals surface area contributed by atoms with Gasteiger partial charge in [-0.15, -0.1) is 0 Å². The number of rotatable bonds is 5. The maximum absolute atomic E-state index is 12.2. The number of carbonyl (C=O) groups is 2. The van der Waals surface area contributed by atoms with Gasteiger partial charge in [0.2, 0.25) is 0 Å². The number of aromatic carboxylic acids is 1. The van der Waals surface area contributed by atoms with Crippen LogP contribution in [0.5, 0.6) is 0 Å². The average molecular weight is 417 g/mol. The molecule has 7 nitrogen and oxygen atoms in total. The number of ether oxygens (including phenoxy) is 1. The summed E-state index contributed by atoms with van der Waals surface area (Å²) in [7, 11) is -0.663. The minimum absolute atomic E-state index is 0.159. The van der Waals surface area contributed by atoms with Crippen LogP contribution >= 0.6 is 0 Å². The van der Waals surface area contributed by atoms with E-state index < -0.39 is 36.0 Å². The molecule has 0 unspecified atom stereocenters. The van der Waals surface area contributed by atoms with E-state index in [1.807, 2.05) is 40.7 Å². The Hall–Kier alpha value is -2.32. The summed E-state index contributed by atoms with van der Waals surface area (Å²) in [5.41, 5.74) is 0.841. The van der Waals surface area contributed by atoms with Gasteiger partial charge in [-0.05, 0) is 84.1 Å². The van der Waals surface area contributed by atoms with Crippen molar-refractivity contribution in [2.75, 3.05) is 6.54 Å². The van der Waals surface area contributed by atoms with Crippen LogP contribution in [0.2, 0.25) is 0 Å². The average Bonchev–Trinajstić information content (AvgIpc) is 2.78. The first kappa shape index (κ1) is 24.0. The maximum atomic E-state index is 12.2. The predicted octanol–water partition coefficient (Wildman–Crippen LogP) is 4.23. The Morgan fingerprint density at radius 1 is 1.17 bits per heavy atom. The number of aryl methyl sites for hydroxylation is 1. The molecule has 1 amide bonds. The molecule has 0 atom stereocenters. The molecule has 0 radical (unpaired) electrons. The number of amides is 1. The van der Waals surface area contributed by atoms with E-state index in [0.717, 1.165) is 11.1 Å². The standard InChI is InChI=1S/C22H32BNO6/c1-14-11-16(18(25)26)10-9-15(14)12-17(13-24-19(27)28-20(2,3)4)23-29-21(5,6)22(7,8)30-23/h9-12H,13H2,1-8H3,(H,24,27)(H,25,26). The van der Waals surface area contributed by atoms with Gasteiger partial charge in [0.25, 0.3) is 0 Å². The van der Waals surface area contributed by atoms with E-state index in [9.17, 15) is 14.7 Å². The van der Waals surface area contributed by atoms with Crippen LogP contribution in [0.4, 0.5) is 4.79 Å². The molecule has 30 heavy (non-hydrogen) atoms. The predicted molar refractivity (Wildman–Crippen MR) is 116 cm³/mol. The van der Waals surface area contributed by atoms with Crippen LogP contribution < -0.4 is 5.32 Å². The quantitative estimate of drug-likeness (QED) is 0.697. The largest absolute Gasteiger partial charge is 0.492 e. The number of carboxylic acid groups (broad SMARTS) is 1. The van der Waals surface area contributed by atoms with Crippen LogP contribution in [0.3, 0.4) is 0 Å². The number of hydrogen-bond acceptors (Lipinski definition) is 5. The highest BCUT2D eigenvalue weighted by Crippen LogP contribution is 2.38. The molecule has 1 aliphatic heterocycles. The first-order chi connectivity index (χ1) is 13.6. The van der Waals surface area contributed by atoms with Gasteiger partial charge >= 0.3 is 19.2 Å². The van der Waals surface area contributed by atoms with Gasteiger partial charge in [-0.1, -0.05) is 12.1 Å². The van der Waals surface area contributed by atoms with E-state index in [4.69, 9.17) is 14.0 Å². The van der Waals surface area contributed by atoms with Crippen molar-refractivity contribution < 1.29 is 28.7 Å². The summed E-state index contributed by atoms with van der Waals surface area (Å²) in [5.74, 6) is -0.980. The molecule has 0 saturated carbocycles. The van der Waals surface area contributed by atoms with Crippen LogP contribution in [-0.4, -0.2) is 47.6 Å². The Balaban J connectivity index is 2.33. The Bertz CT molecular complexity index is 838. The van der Waals surface area contributed by atoms with Crippen molar-refractivity contribution in [2.45, 2.75) is 72.2 Å². The maximum Gasteiger partial charge on any atom is 0.492 e. The van der Waals surface area contributed by atoms with Gasteiger partial charge in [0.1, 0.15) is 5.60 Å². The fourth-order valence-electron chi connectivity index (χ4n) is 2.86. The first-order valence-electron chi connectivity index (χ1n) is 9.98. The Morgan fingerprint density at radius 2 is 1.73 bits per heavy atom. The second kappa shape index (κ2) is 8.43. The molecule has 0 spiro atoms. The van der Waals surface area contributed by atoms with Crippen molar-refractivity contribution in [3.8, 4) is 0 Å². The summed E-state index contributed by atoms with van der Waals surface area (Å²) in [6, 6.07) is 4.89. The van der Waals surface area contributed by atoms with Crippen molar-refractivity contribution >= 4 is 25.3 Å². The summed E-state index contributed by atoms with van der Waals surface area (Å²) in [6.07, 6.45) is 1.32. The highest BCUT2D eigenvalue weighted by atomic mass is 16.7. The van der Waals surface area contributed by atoms with E-state index in [-0.39, 0.29) is 12.1 Å². The van der Waals surface area contributed by atoms with Crippen LogP contribution in [0.15, 0.2) is 23.7 Å². The Labute approximate surface area is 178 Å². The third kappa shape index (κ3) is 5.86. The smallest absolute Gasteiger partial charge is 0.478 e. The molecule has 2 rings (SSSR count). The number of carbonyl (C=O) groups excluding carboxylic acids is 1. The molecule has 8 heteroatoms. The fourth-order valence-corrected chi connectivity index (χ4v) is 2.86.